The van der Waals surface area contributed by atoms with Crippen molar-refractivity contribution in [3.05, 3.63) is 35.4 Å². The van der Waals surface area contributed by atoms with Crippen LogP contribution < -0.4 is 5.32 Å². The Hall–Kier alpha value is -1.84. The van der Waals surface area contributed by atoms with Crippen molar-refractivity contribution in [1.29, 1.82) is 0 Å². The van der Waals surface area contributed by atoms with Crippen molar-refractivity contribution in [2.24, 2.45) is 0 Å². The first-order valence-electron chi connectivity index (χ1n) is 15.7. The summed E-state index contributed by atoms with van der Waals surface area (Å²) in [4.78, 5) is 22.9. The molecule has 0 heterocycles. The van der Waals surface area contributed by atoms with Gasteiger partial charge in [0.15, 0.2) is 0 Å². The SMILES string of the molecule is CCCCCCCCCCCCCCCCCCCCCCCCNC(=O)c1ccc(CC(=O)O)cc1. The molecule has 0 aliphatic rings. The van der Waals surface area contributed by atoms with Gasteiger partial charge in [0, 0.05) is 12.1 Å². The minimum absolute atomic E-state index is 0.0125. The summed E-state index contributed by atoms with van der Waals surface area (Å²) in [5.41, 5.74) is 1.30. The van der Waals surface area contributed by atoms with Crippen molar-refractivity contribution in [2.45, 2.75) is 155 Å². The minimum atomic E-state index is -0.859. The van der Waals surface area contributed by atoms with E-state index in [1.165, 1.54) is 128 Å². The van der Waals surface area contributed by atoms with Crippen molar-refractivity contribution in [3.8, 4) is 0 Å². The highest BCUT2D eigenvalue weighted by Gasteiger charge is 2.06. The van der Waals surface area contributed by atoms with E-state index < -0.39 is 5.97 Å². The zero-order valence-corrected chi connectivity index (χ0v) is 24.0. The molecule has 0 atom stereocenters. The lowest BCUT2D eigenvalue weighted by Gasteiger charge is -2.06. The topological polar surface area (TPSA) is 66.4 Å². The Morgan fingerprint density at radius 1 is 0.568 bits per heavy atom. The Labute approximate surface area is 228 Å². The number of carbonyl (C=O) groups excluding carboxylic acids is 1. The number of carboxylic acids is 1. The van der Waals surface area contributed by atoms with Crippen molar-refractivity contribution in [2.75, 3.05) is 6.54 Å². The Morgan fingerprint density at radius 2 is 0.919 bits per heavy atom. The summed E-state index contributed by atoms with van der Waals surface area (Å²) in [5, 5.41) is 11.8. The second-order valence-electron chi connectivity index (χ2n) is 10.9. The van der Waals surface area contributed by atoms with Gasteiger partial charge < -0.3 is 10.4 Å². The number of hydrogen-bond donors (Lipinski definition) is 2. The van der Waals surface area contributed by atoms with E-state index in [-0.39, 0.29) is 12.3 Å². The molecule has 4 nitrogen and oxygen atoms in total. The van der Waals surface area contributed by atoms with Gasteiger partial charge in [0.2, 0.25) is 0 Å². The van der Waals surface area contributed by atoms with E-state index >= 15 is 0 Å². The van der Waals surface area contributed by atoms with Crippen LogP contribution in [0.2, 0.25) is 0 Å². The highest BCUT2D eigenvalue weighted by atomic mass is 16.4. The fourth-order valence-electron chi connectivity index (χ4n) is 4.99. The van der Waals surface area contributed by atoms with Crippen LogP contribution in [0.4, 0.5) is 0 Å². The standard InChI is InChI=1S/C33H57NO3/c1-2-3-4-5-6-7-8-9-10-11-12-13-14-15-16-17-18-19-20-21-22-23-28-34-33(37)31-26-24-30(25-27-31)29-32(35)36/h24-27H,2-23,28-29H2,1H3,(H,34,37)(H,35,36). The summed E-state index contributed by atoms with van der Waals surface area (Å²) in [6.07, 6.45) is 30.3. The third-order valence-electron chi connectivity index (χ3n) is 7.39. The Kier molecular flexibility index (Phi) is 22.0. The van der Waals surface area contributed by atoms with Gasteiger partial charge in [0.1, 0.15) is 0 Å². The molecule has 0 fully saturated rings. The van der Waals surface area contributed by atoms with E-state index in [1.807, 2.05) is 0 Å². The number of rotatable bonds is 26. The van der Waals surface area contributed by atoms with Gasteiger partial charge in [0.25, 0.3) is 5.91 Å². The second kappa shape index (κ2) is 24.5. The maximum atomic E-state index is 12.2. The average molecular weight is 516 g/mol. The van der Waals surface area contributed by atoms with Crippen LogP contribution in [0, 0.1) is 0 Å². The smallest absolute Gasteiger partial charge is 0.307 e. The molecular weight excluding hydrogens is 458 g/mol. The number of carbonyl (C=O) groups is 2. The molecule has 1 rings (SSSR count). The third-order valence-corrected chi connectivity index (χ3v) is 7.39. The largest absolute Gasteiger partial charge is 0.481 e. The summed E-state index contributed by atoms with van der Waals surface area (Å²) >= 11 is 0. The molecule has 1 amide bonds. The van der Waals surface area contributed by atoms with Gasteiger partial charge in [0.05, 0.1) is 6.42 Å². The molecule has 0 aromatic heterocycles. The van der Waals surface area contributed by atoms with Gasteiger partial charge in [-0.2, -0.15) is 0 Å². The van der Waals surface area contributed by atoms with Crippen LogP contribution in [0.5, 0.6) is 0 Å². The normalized spacial score (nSPS) is 11.1. The molecule has 2 N–H and O–H groups in total. The average Bonchev–Trinajstić information content (AvgIpc) is 2.89. The lowest BCUT2D eigenvalue weighted by atomic mass is 10.0. The van der Waals surface area contributed by atoms with Crippen molar-refractivity contribution in [3.63, 3.8) is 0 Å². The van der Waals surface area contributed by atoms with Crippen LogP contribution in [0.25, 0.3) is 0 Å². The fraction of sp³-hybridized carbons (Fsp3) is 0.758. The number of benzene rings is 1. The molecule has 0 saturated carbocycles. The van der Waals surface area contributed by atoms with Gasteiger partial charge in [-0.1, -0.05) is 154 Å². The zero-order chi connectivity index (χ0) is 26.8. The monoisotopic (exact) mass is 515 g/mol. The molecule has 0 spiro atoms. The van der Waals surface area contributed by atoms with Gasteiger partial charge in [-0.15, -0.1) is 0 Å². The lowest BCUT2D eigenvalue weighted by Crippen LogP contribution is -2.24. The van der Waals surface area contributed by atoms with Crippen LogP contribution in [0.1, 0.15) is 164 Å². The molecule has 0 unspecified atom stereocenters. The maximum Gasteiger partial charge on any atom is 0.307 e. The Balaban J connectivity index is 1.77. The molecule has 1 aromatic rings. The number of hydrogen-bond acceptors (Lipinski definition) is 2. The number of aliphatic carboxylic acids is 1. The molecule has 0 aliphatic carbocycles. The molecule has 212 valence electrons. The van der Waals surface area contributed by atoms with E-state index in [0.29, 0.717) is 17.7 Å². The summed E-state index contributed by atoms with van der Waals surface area (Å²) in [6.45, 7) is 2.99. The van der Waals surface area contributed by atoms with Crippen LogP contribution in [0.3, 0.4) is 0 Å². The predicted octanol–water partition coefficient (Wildman–Crippen LogP) is 9.65. The van der Waals surface area contributed by atoms with Gasteiger partial charge in [-0.3, -0.25) is 9.59 Å². The van der Waals surface area contributed by atoms with E-state index in [9.17, 15) is 9.59 Å². The molecule has 0 bridgehead atoms. The quantitative estimate of drug-likeness (QED) is 0.121. The number of amides is 1. The fourth-order valence-corrected chi connectivity index (χ4v) is 4.99. The van der Waals surface area contributed by atoms with Gasteiger partial charge in [-0.05, 0) is 24.1 Å². The molecule has 0 saturated heterocycles. The summed E-state index contributed by atoms with van der Waals surface area (Å²) in [5.74, 6) is -0.937. The predicted molar refractivity (Wildman–Crippen MR) is 157 cm³/mol. The summed E-state index contributed by atoms with van der Waals surface area (Å²) in [6, 6.07) is 6.82. The summed E-state index contributed by atoms with van der Waals surface area (Å²) in [7, 11) is 0. The first-order valence-corrected chi connectivity index (χ1v) is 15.7. The molecular formula is C33H57NO3. The van der Waals surface area contributed by atoms with E-state index in [2.05, 4.69) is 12.2 Å². The second-order valence-corrected chi connectivity index (χ2v) is 10.9. The van der Waals surface area contributed by atoms with E-state index in [0.717, 1.165) is 12.8 Å². The van der Waals surface area contributed by atoms with E-state index in [4.69, 9.17) is 5.11 Å². The number of nitrogens with one attached hydrogen (secondary N) is 1. The van der Waals surface area contributed by atoms with E-state index in [1.54, 1.807) is 24.3 Å². The van der Waals surface area contributed by atoms with Gasteiger partial charge in [-0.25, -0.2) is 0 Å². The number of carboxylic acid groups (broad SMARTS) is 1. The molecule has 1 aromatic carbocycles. The molecule has 0 aliphatic heterocycles. The van der Waals surface area contributed by atoms with Crippen molar-refractivity contribution >= 4 is 11.9 Å². The summed E-state index contributed by atoms with van der Waals surface area (Å²) < 4.78 is 0. The van der Waals surface area contributed by atoms with Gasteiger partial charge >= 0.3 is 5.97 Å². The molecule has 0 radical (unpaired) electrons. The lowest BCUT2D eigenvalue weighted by molar-refractivity contribution is -0.136. The van der Waals surface area contributed by atoms with Crippen LogP contribution in [0.15, 0.2) is 24.3 Å². The highest BCUT2D eigenvalue weighted by molar-refractivity contribution is 5.94. The first-order chi connectivity index (χ1) is 18.1. The van der Waals surface area contributed by atoms with Crippen LogP contribution in [-0.4, -0.2) is 23.5 Å². The highest BCUT2D eigenvalue weighted by Crippen LogP contribution is 2.15. The van der Waals surface area contributed by atoms with Crippen molar-refractivity contribution < 1.29 is 14.7 Å². The van der Waals surface area contributed by atoms with Crippen LogP contribution >= 0.6 is 0 Å². The maximum absolute atomic E-state index is 12.2. The van der Waals surface area contributed by atoms with Crippen molar-refractivity contribution in [1.82, 2.24) is 5.32 Å². The third kappa shape index (κ3) is 20.9. The van der Waals surface area contributed by atoms with Crippen LogP contribution in [-0.2, 0) is 11.2 Å². The molecule has 4 heteroatoms. The Morgan fingerprint density at radius 3 is 1.27 bits per heavy atom. The molecule has 37 heavy (non-hydrogen) atoms. The zero-order valence-electron chi connectivity index (χ0n) is 24.0. The number of unbranched alkanes of at least 4 members (excludes halogenated alkanes) is 21. The first kappa shape index (κ1) is 33.2. The Bertz CT molecular complexity index is 671. The minimum Gasteiger partial charge on any atom is -0.481 e.